The van der Waals surface area contributed by atoms with Crippen molar-refractivity contribution in [2.75, 3.05) is 20.1 Å². The van der Waals surface area contributed by atoms with Crippen LogP contribution >= 0.6 is 12.2 Å². The molecule has 0 aromatic carbocycles. The lowest BCUT2D eigenvalue weighted by Gasteiger charge is -2.27. The quantitative estimate of drug-likeness (QED) is 0.715. The van der Waals surface area contributed by atoms with Gasteiger partial charge in [0.15, 0.2) is 0 Å². The zero-order valence-electron chi connectivity index (χ0n) is 8.96. The standard InChI is InChI=1S/C11H20N2S/c1-13(9-4-2-3-5-9)8-10-11(14)6-7-12-10/h9-10,12H,2-8H2,1H3. The van der Waals surface area contributed by atoms with Crippen LogP contribution in [0.1, 0.15) is 32.1 Å². The van der Waals surface area contributed by atoms with Crippen LogP contribution in [-0.2, 0) is 0 Å². The summed E-state index contributed by atoms with van der Waals surface area (Å²) in [6, 6.07) is 1.30. The molecule has 1 atom stereocenters. The zero-order chi connectivity index (χ0) is 9.97. The summed E-state index contributed by atoms with van der Waals surface area (Å²) in [4.78, 5) is 3.73. The van der Waals surface area contributed by atoms with Crippen molar-refractivity contribution in [3.05, 3.63) is 0 Å². The molecule has 0 spiro atoms. The van der Waals surface area contributed by atoms with Crippen LogP contribution in [0.25, 0.3) is 0 Å². The van der Waals surface area contributed by atoms with Crippen molar-refractivity contribution < 1.29 is 0 Å². The number of nitrogens with one attached hydrogen (secondary N) is 1. The zero-order valence-corrected chi connectivity index (χ0v) is 9.78. The molecule has 0 radical (unpaired) electrons. The molecule has 1 aliphatic carbocycles. The molecule has 2 nitrogen and oxygen atoms in total. The normalized spacial score (nSPS) is 29.3. The summed E-state index contributed by atoms with van der Waals surface area (Å²) in [5, 5.41) is 3.48. The number of hydrogen-bond donors (Lipinski definition) is 1. The second kappa shape index (κ2) is 4.69. The maximum Gasteiger partial charge on any atom is 0.0513 e. The van der Waals surface area contributed by atoms with E-state index in [9.17, 15) is 0 Å². The first-order chi connectivity index (χ1) is 6.77. The minimum Gasteiger partial charge on any atom is -0.308 e. The number of likely N-dealkylation sites (N-methyl/N-ethyl adjacent to an activating group) is 1. The van der Waals surface area contributed by atoms with E-state index in [1.54, 1.807) is 0 Å². The summed E-state index contributed by atoms with van der Waals surface area (Å²) in [7, 11) is 2.25. The first kappa shape index (κ1) is 10.5. The van der Waals surface area contributed by atoms with Crippen molar-refractivity contribution in [2.24, 2.45) is 0 Å². The first-order valence-electron chi connectivity index (χ1n) is 5.73. The first-order valence-corrected chi connectivity index (χ1v) is 6.14. The van der Waals surface area contributed by atoms with E-state index in [2.05, 4.69) is 17.3 Å². The van der Waals surface area contributed by atoms with E-state index in [0.29, 0.717) is 6.04 Å². The van der Waals surface area contributed by atoms with Gasteiger partial charge in [0.2, 0.25) is 0 Å². The van der Waals surface area contributed by atoms with Crippen LogP contribution in [0.3, 0.4) is 0 Å². The van der Waals surface area contributed by atoms with E-state index >= 15 is 0 Å². The summed E-state index contributed by atoms with van der Waals surface area (Å²) in [6.45, 7) is 2.20. The average Bonchev–Trinajstić information content (AvgIpc) is 2.77. The molecule has 1 N–H and O–H groups in total. The van der Waals surface area contributed by atoms with Gasteiger partial charge in [-0.25, -0.2) is 0 Å². The lowest BCUT2D eigenvalue weighted by Crippen LogP contribution is -2.42. The summed E-state index contributed by atoms with van der Waals surface area (Å²) in [5.41, 5.74) is 0. The SMILES string of the molecule is CN(CC1NCCC1=S)C1CCCC1. The molecule has 1 unspecified atom stereocenters. The van der Waals surface area contributed by atoms with Gasteiger partial charge in [0.1, 0.15) is 0 Å². The summed E-state index contributed by atoms with van der Waals surface area (Å²) >= 11 is 5.34. The van der Waals surface area contributed by atoms with Crippen molar-refractivity contribution in [1.29, 1.82) is 0 Å². The number of rotatable bonds is 3. The Hall–Kier alpha value is 0.01000. The molecule has 1 saturated heterocycles. The van der Waals surface area contributed by atoms with Gasteiger partial charge < -0.3 is 10.2 Å². The van der Waals surface area contributed by atoms with E-state index < -0.39 is 0 Å². The third kappa shape index (κ3) is 2.33. The molecule has 0 aromatic rings. The third-order valence-corrected chi connectivity index (χ3v) is 4.06. The largest absolute Gasteiger partial charge is 0.308 e. The summed E-state index contributed by atoms with van der Waals surface area (Å²) in [6.07, 6.45) is 6.69. The predicted octanol–water partition coefficient (Wildman–Crippen LogP) is 1.59. The molecule has 2 aliphatic rings. The van der Waals surface area contributed by atoms with Crippen molar-refractivity contribution >= 4 is 17.1 Å². The maximum atomic E-state index is 5.34. The second-order valence-corrected chi connectivity index (χ2v) is 5.13. The Labute approximate surface area is 92.0 Å². The Morgan fingerprint density at radius 1 is 1.43 bits per heavy atom. The van der Waals surface area contributed by atoms with E-state index in [4.69, 9.17) is 12.2 Å². The molecule has 3 heteroatoms. The van der Waals surface area contributed by atoms with Crippen LogP contribution in [-0.4, -0.2) is 42.0 Å². The van der Waals surface area contributed by atoms with E-state index in [-0.39, 0.29) is 0 Å². The molecule has 2 fully saturated rings. The Morgan fingerprint density at radius 2 is 2.14 bits per heavy atom. The van der Waals surface area contributed by atoms with E-state index in [1.165, 1.54) is 30.5 Å². The highest BCUT2D eigenvalue weighted by atomic mass is 32.1. The Bertz CT molecular complexity index is 211. The van der Waals surface area contributed by atoms with Crippen LogP contribution in [0.5, 0.6) is 0 Å². The lowest BCUT2D eigenvalue weighted by molar-refractivity contribution is 0.238. The number of thiocarbonyl (C=S) groups is 1. The minimum atomic E-state index is 0.482. The van der Waals surface area contributed by atoms with Crippen molar-refractivity contribution in [1.82, 2.24) is 10.2 Å². The molecule has 1 heterocycles. The molecule has 0 bridgehead atoms. The highest BCUT2D eigenvalue weighted by molar-refractivity contribution is 7.80. The third-order valence-electron chi connectivity index (χ3n) is 3.57. The van der Waals surface area contributed by atoms with Crippen LogP contribution in [0, 0.1) is 0 Å². The van der Waals surface area contributed by atoms with Gasteiger partial charge in [-0.2, -0.15) is 0 Å². The molecule has 1 aliphatic heterocycles. The van der Waals surface area contributed by atoms with Crippen LogP contribution < -0.4 is 5.32 Å². The smallest absolute Gasteiger partial charge is 0.0513 e. The molecular formula is C11H20N2S. The van der Waals surface area contributed by atoms with Gasteiger partial charge in [-0.05, 0) is 26.3 Å². The molecule has 1 saturated carbocycles. The van der Waals surface area contributed by atoms with Crippen LogP contribution in [0.4, 0.5) is 0 Å². The van der Waals surface area contributed by atoms with Gasteiger partial charge in [0.05, 0.1) is 6.04 Å². The van der Waals surface area contributed by atoms with Gasteiger partial charge in [0.25, 0.3) is 0 Å². The highest BCUT2D eigenvalue weighted by Gasteiger charge is 2.25. The monoisotopic (exact) mass is 212 g/mol. The minimum absolute atomic E-state index is 0.482. The fraction of sp³-hybridized carbons (Fsp3) is 0.909. The molecule has 80 valence electrons. The van der Waals surface area contributed by atoms with Gasteiger partial charge in [-0.1, -0.05) is 25.1 Å². The van der Waals surface area contributed by atoms with Gasteiger partial charge in [0, 0.05) is 24.0 Å². The van der Waals surface area contributed by atoms with E-state index in [0.717, 1.165) is 25.6 Å². The topological polar surface area (TPSA) is 15.3 Å². The highest BCUT2D eigenvalue weighted by Crippen LogP contribution is 2.22. The van der Waals surface area contributed by atoms with Crippen molar-refractivity contribution in [2.45, 2.75) is 44.2 Å². The fourth-order valence-corrected chi connectivity index (χ4v) is 2.87. The second-order valence-electron chi connectivity index (χ2n) is 4.60. The van der Waals surface area contributed by atoms with Crippen LogP contribution in [0.15, 0.2) is 0 Å². The van der Waals surface area contributed by atoms with Crippen LogP contribution in [0.2, 0.25) is 0 Å². The molecule has 2 rings (SSSR count). The predicted molar refractivity (Wildman–Crippen MR) is 63.9 cm³/mol. The Kier molecular flexibility index (Phi) is 3.52. The lowest BCUT2D eigenvalue weighted by atomic mass is 10.1. The Balaban J connectivity index is 1.80. The molecule has 14 heavy (non-hydrogen) atoms. The molecule has 0 amide bonds. The maximum absolute atomic E-state index is 5.34. The summed E-state index contributed by atoms with van der Waals surface area (Å²) < 4.78 is 0. The van der Waals surface area contributed by atoms with Crippen molar-refractivity contribution in [3.8, 4) is 0 Å². The van der Waals surface area contributed by atoms with E-state index in [1.807, 2.05) is 0 Å². The van der Waals surface area contributed by atoms with Crippen molar-refractivity contribution in [3.63, 3.8) is 0 Å². The fourth-order valence-electron chi connectivity index (χ4n) is 2.61. The summed E-state index contributed by atoms with van der Waals surface area (Å²) in [5.74, 6) is 0. The Morgan fingerprint density at radius 3 is 2.71 bits per heavy atom. The molecular weight excluding hydrogens is 192 g/mol. The van der Waals surface area contributed by atoms with Gasteiger partial charge in [-0.3, -0.25) is 0 Å². The number of nitrogens with zero attached hydrogens (tertiary/aromatic N) is 1. The number of hydrogen-bond acceptors (Lipinski definition) is 3. The molecule has 0 aromatic heterocycles. The average molecular weight is 212 g/mol. The van der Waals surface area contributed by atoms with Gasteiger partial charge >= 0.3 is 0 Å². The van der Waals surface area contributed by atoms with Gasteiger partial charge in [-0.15, -0.1) is 0 Å².